The van der Waals surface area contributed by atoms with Crippen LogP contribution in [0.5, 0.6) is 0 Å². The van der Waals surface area contributed by atoms with Gasteiger partial charge < -0.3 is 5.32 Å². The van der Waals surface area contributed by atoms with Crippen LogP contribution in [0.1, 0.15) is 27.2 Å². The molecule has 2 aromatic carbocycles. The molecule has 142 valence electrons. The molecule has 9 heteroatoms. The Morgan fingerprint density at radius 3 is 2.82 bits per heavy atom. The van der Waals surface area contributed by atoms with Crippen LogP contribution in [0.2, 0.25) is 5.02 Å². The highest BCUT2D eigenvalue weighted by atomic mass is 35.5. The maximum atomic E-state index is 13.0. The number of hydrogen-bond acceptors (Lipinski definition) is 5. The first-order valence-electron chi connectivity index (χ1n) is 8.45. The Labute approximate surface area is 169 Å². The number of anilines is 1. The summed E-state index contributed by atoms with van der Waals surface area (Å²) in [7, 11) is 0. The van der Waals surface area contributed by atoms with Crippen LogP contribution < -0.4 is 5.32 Å². The first kappa shape index (κ1) is 18.5. The highest BCUT2D eigenvalue weighted by Crippen LogP contribution is 2.36. The number of fused-ring (bicyclic) bond motifs is 1. The molecule has 0 unspecified atom stereocenters. The number of nitro groups is 1. The minimum absolute atomic E-state index is 0.0863. The number of nitrogens with one attached hydrogen (secondary N) is 1. The summed E-state index contributed by atoms with van der Waals surface area (Å²) in [4.78, 5) is 23.6. The summed E-state index contributed by atoms with van der Waals surface area (Å²) in [5, 5.41) is 19.3. The zero-order chi connectivity index (χ0) is 19.8. The van der Waals surface area contributed by atoms with Gasteiger partial charge >= 0.3 is 0 Å². The van der Waals surface area contributed by atoms with Gasteiger partial charge in [0.05, 0.1) is 16.3 Å². The number of amides is 1. The average molecular weight is 415 g/mol. The maximum Gasteiger partial charge on any atom is 0.273 e. The van der Waals surface area contributed by atoms with Gasteiger partial charge in [0.2, 0.25) is 0 Å². The molecule has 0 saturated heterocycles. The molecule has 3 aromatic rings. The van der Waals surface area contributed by atoms with Gasteiger partial charge in [-0.15, -0.1) is 0 Å². The molecule has 1 aromatic heterocycles. The molecule has 2 heterocycles. The van der Waals surface area contributed by atoms with E-state index in [2.05, 4.69) is 10.4 Å². The molecule has 4 rings (SSSR count). The third-order valence-electron chi connectivity index (χ3n) is 4.58. The predicted molar refractivity (Wildman–Crippen MR) is 109 cm³/mol. The average Bonchev–Trinajstić information content (AvgIpc) is 3.24. The third-order valence-corrected chi connectivity index (χ3v) is 5.79. The number of nitrogens with zero attached hydrogens (tertiary/aromatic N) is 3. The molecule has 1 aliphatic rings. The van der Waals surface area contributed by atoms with Gasteiger partial charge in [-0.25, -0.2) is 4.68 Å². The minimum Gasteiger partial charge on any atom is -0.306 e. The van der Waals surface area contributed by atoms with E-state index in [1.165, 1.54) is 12.1 Å². The van der Waals surface area contributed by atoms with Crippen LogP contribution >= 0.6 is 23.4 Å². The Morgan fingerprint density at radius 2 is 2.07 bits per heavy atom. The van der Waals surface area contributed by atoms with Crippen molar-refractivity contribution in [2.45, 2.75) is 18.4 Å². The van der Waals surface area contributed by atoms with Gasteiger partial charge in [-0.05, 0) is 31.2 Å². The fraction of sp³-hybridized carbons (Fsp3) is 0.158. The van der Waals surface area contributed by atoms with E-state index in [0.29, 0.717) is 16.4 Å². The van der Waals surface area contributed by atoms with Crippen LogP contribution in [-0.2, 0) is 11.5 Å². The summed E-state index contributed by atoms with van der Waals surface area (Å²) >= 11 is 7.84. The lowest BCUT2D eigenvalue weighted by molar-refractivity contribution is -0.385. The SMILES string of the molecule is Cc1c(C(=O)Nc2c3c(nn2-c2cccc(Cl)c2)CSC3)cccc1[N+](=O)[O-]. The molecule has 0 fully saturated rings. The molecular formula is C19H15ClN4O3S. The lowest BCUT2D eigenvalue weighted by atomic mass is 10.1. The van der Waals surface area contributed by atoms with Crippen LogP contribution in [-0.4, -0.2) is 20.6 Å². The molecule has 0 bridgehead atoms. The zero-order valence-electron chi connectivity index (χ0n) is 14.8. The first-order valence-corrected chi connectivity index (χ1v) is 9.99. The molecule has 0 saturated carbocycles. The summed E-state index contributed by atoms with van der Waals surface area (Å²) in [6, 6.07) is 11.7. The van der Waals surface area contributed by atoms with Crippen LogP contribution in [0.15, 0.2) is 42.5 Å². The number of thioether (sulfide) groups is 1. The largest absolute Gasteiger partial charge is 0.306 e. The topological polar surface area (TPSA) is 90.1 Å². The molecule has 1 N–H and O–H groups in total. The third kappa shape index (κ3) is 3.25. The molecule has 0 spiro atoms. The van der Waals surface area contributed by atoms with Crippen LogP contribution in [0.3, 0.4) is 0 Å². The van der Waals surface area contributed by atoms with Gasteiger partial charge in [-0.3, -0.25) is 14.9 Å². The van der Waals surface area contributed by atoms with Gasteiger partial charge in [0.1, 0.15) is 5.82 Å². The molecule has 7 nitrogen and oxygen atoms in total. The lowest BCUT2D eigenvalue weighted by Crippen LogP contribution is -2.17. The molecule has 28 heavy (non-hydrogen) atoms. The Hall–Kier alpha value is -2.84. The normalized spacial score (nSPS) is 12.6. The van der Waals surface area contributed by atoms with E-state index in [1.54, 1.807) is 41.6 Å². The van der Waals surface area contributed by atoms with E-state index in [0.717, 1.165) is 28.5 Å². The van der Waals surface area contributed by atoms with Crippen molar-refractivity contribution >= 4 is 40.8 Å². The molecular weight excluding hydrogens is 400 g/mol. The van der Waals surface area contributed by atoms with Gasteiger partial charge in [-0.1, -0.05) is 23.7 Å². The van der Waals surface area contributed by atoms with Crippen molar-refractivity contribution < 1.29 is 9.72 Å². The number of benzene rings is 2. The summed E-state index contributed by atoms with van der Waals surface area (Å²) in [6.45, 7) is 1.57. The first-order chi connectivity index (χ1) is 13.5. The van der Waals surface area contributed by atoms with Crippen molar-refractivity contribution in [3.05, 3.63) is 80.0 Å². The molecule has 1 aliphatic heterocycles. The number of carbonyl (C=O) groups is 1. The van der Waals surface area contributed by atoms with Crippen molar-refractivity contribution in [1.82, 2.24) is 9.78 Å². The second-order valence-electron chi connectivity index (χ2n) is 6.32. The lowest BCUT2D eigenvalue weighted by Gasteiger charge is -2.12. The van der Waals surface area contributed by atoms with E-state index in [4.69, 9.17) is 11.6 Å². The fourth-order valence-corrected chi connectivity index (χ4v) is 4.40. The number of hydrogen-bond donors (Lipinski definition) is 1. The Kier molecular flexibility index (Phi) is 4.82. The number of aromatic nitrogens is 2. The molecule has 0 aliphatic carbocycles. The van der Waals surface area contributed by atoms with Crippen molar-refractivity contribution in [2.24, 2.45) is 0 Å². The van der Waals surface area contributed by atoms with Crippen LogP contribution in [0.4, 0.5) is 11.5 Å². The molecule has 1 amide bonds. The van der Waals surface area contributed by atoms with Gasteiger partial charge in [0.25, 0.3) is 11.6 Å². The van der Waals surface area contributed by atoms with Crippen molar-refractivity contribution in [3.8, 4) is 5.69 Å². The van der Waals surface area contributed by atoms with Gasteiger partial charge in [0.15, 0.2) is 0 Å². The monoisotopic (exact) mass is 414 g/mol. The van der Waals surface area contributed by atoms with Crippen molar-refractivity contribution in [3.63, 3.8) is 0 Å². The Balaban J connectivity index is 1.76. The highest BCUT2D eigenvalue weighted by Gasteiger charge is 2.26. The number of halogens is 1. The van der Waals surface area contributed by atoms with Gasteiger partial charge in [-0.2, -0.15) is 16.9 Å². The van der Waals surface area contributed by atoms with Crippen LogP contribution in [0.25, 0.3) is 5.69 Å². The minimum atomic E-state index is -0.489. The highest BCUT2D eigenvalue weighted by molar-refractivity contribution is 7.98. The number of nitro benzene ring substituents is 1. The second kappa shape index (κ2) is 7.29. The fourth-order valence-electron chi connectivity index (χ4n) is 3.18. The zero-order valence-corrected chi connectivity index (χ0v) is 16.4. The van der Waals surface area contributed by atoms with E-state index >= 15 is 0 Å². The summed E-state index contributed by atoms with van der Waals surface area (Å²) < 4.78 is 1.67. The summed E-state index contributed by atoms with van der Waals surface area (Å²) in [6.07, 6.45) is 0. The Bertz CT molecular complexity index is 1110. The van der Waals surface area contributed by atoms with Crippen LogP contribution in [0, 0.1) is 17.0 Å². The quantitative estimate of drug-likeness (QED) is 0.491. The van der Waals surface area contributed by atoms with Gasteiger partial charge in [0, 0.05) is 39.3 Å². The maximum absolute atomic E-state index is 13.0. The Morgan fingerprint density at radius 1 is 1.29 bits per heavy atom. The molecule has 0 atom stereocenters. The standard InChI is InChI=1S/C19H15ClN4O3S/c1-11-14(6-3-7-17(11)24(26)27)19(25)21-18-15-9-28-10-16(15)22-23(18)13-5-2-4-12(20)8-13/h2-8H,9-10H2,1H3,(H,21,25). The van der Waals surface area contributed by atoms with Crippen molar-refractivity contribution in [1.29, 1.82) is 0 Å². The second-order valence-corrected chi connectivity index (χ2v) is 7.74. The van der Waals surface area contributed by atoms with E-state index < -0.39 is 10.8 Å². The predicted octanol–water partition coefficient (Wildman–Crippen LogP) is 4.74. The van der Waals surface area contributed by atoms with E-state index in [-0.39, 0.29) is 11.3 Å². The van der Waals surface area contributed by atoms with Crippen molar-refractivity contribution in [2.75, 3.05) is 5.32 Å². The summed E-state index contributed by atoms with van der Waals surface area (Å²) in [5.41, 5.74) is 3.10. The number of carbonyl (C=O) groups excluding carboxylic acids is 1. The van der Waals surface area contributed by atoms with E-state index in [9.17, 15) is 14.9 Å². The number of rotatable bonds is 4. The summed E-state index contributed by atoms with van der Waals surface area (Å²) in [5.74, 6) is 1.66. The smallest absolute Gasteiger partial charge is 0.273 e. The van der Waals surface area contributed by atoms with E-state index in [1.807, 2.05) is 12.1 Å². The molecule has 0 radical (unpaired) electrons.